The third-order valence-electron chi connectivity index (χ3n) is 5.15. The first kappa shape index (κ1) is 25.3. The van der Waals surface area contributed by atoms with Crippen LogP contribution in [0.25, 0.3) is 11.0 Å². The van der Waals surface area contributed by atoms with Crippen molar-refractivity contribution in [1.82, 2.24) is 19.9 Å². The Kier molecular flexibility index (Phi) is 6.87. The van der Waals surface area contributed by atoms with Crippen LogP contribution in [-0.2, 0) is 11.8 Å². The third-order valence-corrected chi connectivity index (χ3v) is 5.15. The van der Waals surface area contributed by atoms with Crippen LogP contribution in [0.1, 0.15) is 20.8 Å². The van der Waals surface area contributed by atoms with Crippen molar-refractivity contribution in [3.05, 3.63) is 66.0 Å². The van der Waals surface area contributed by atoms with Crippen LogP contribution in [0.15, 0.2) is 54.7 Å². The number of fused-ring (bicyclic) bond motifs is 1. The van der Waals surface area contributed by atoms with Crippen molar-refractivity contribution in [2.24, 2.45) is 7.05 Å². The lowest BCUT2D eigenvalue weighted by Gasteiger charge is -2.15. The Morgan fingerprint density at radius 1 is 1.03 bits per heavy atom. The molecule has 2 aromatic carbocycles. The van der Waals surface area contributed by atoms with Gasteiger partial charge in [0.2, 0.25) is 5.95 Å². The van der Waals surface area contributed by atoms with Crippen LogP contribution in [0.5, 0.6) is 17.2 Å². The molecule has 0 aliphatic heterocycles. The highest BCUT2D eigenvalue weighted by atomic mass is 19.4. The van der Waals surface area contributed by atoms with Crippen molar-refractivity contribution in [1.29, 1.82) is 0 Å². The zero-order valence-corrected chi connectivity index (χ0v) is 19.7. The molecule has 0 radical (unpaired) electrons. The number of rotatable bonds is 7. The number of anilines is 2. The van der Waals surface area contributed by atoms with E-state index in [1.807, 2.05) is 0 Å². The summed E-state index contributed by atoms with van der Waals surface area (Å²) >= 11 is 0. The number of ether oxygens (including phenoxy) is 3. The van der Waals surface area contributed by atoms with Gasteiger partial charge in [-0.25, -0.2) is 9.78 Å². The largest absolute Gasteiger partial charge is 0.573 e. The van der Waals surface area contributed by atoms with E-state index < -0.39 is 18.1 Å². The number of methoxy groups -OCH3 is 1. The van der Waals surface area contributed by atoms with Gasteiger partial charge < -0.3 is 29.4 Å². The number of hydrogen-bond acceptors (Lipinski definition) is 8. The quantitative estimate of drug-likeness (QED) is 0.345. The molecule has 4 rings (SSSR count). The first-order chi connectivity index (χ1) is 17.6. The fourth-order valence-electron chi connectivity index (χ4n) is 3.42. The first-order valence-corrected chi connectivity index (χ1v) is 10.7. The third kappa shape index (κ3) is 5.72. The van der Waals surface area contributed by atoms with E-state index in [1.165, 1.54) is 31.4 Å². The maximum atomic E-state index is 13.0. The zero-order valence-electron chi connectivity index (χ0n) is 19.7. The lowest BCUT2D eigenvalue weighted by molar-refractivity contribution is -0.274. The van der Waals surface area contributed by atoms with Gasteiger partial charge in [0, 0.05) is 32.4 Å². The minimum Gasteiger partial charge on any atom is -0.465 e. The van der Waals surface area contributed by atoms with E-state index >= 15 is 0 Å². The number of aryl methyl sites for hydroxylation is 1. The van der Waals surface area contributed by atoms with E-state index in [0.717, 1.165) is 13.2 Å². The predicted octanol–water partition coefficient (Wildman–Crippen LogP) is 4.55. The molecule has 0 unspecified atom stereocenters. The van der Waals surface area contributed by atoms with Crippen LogP contribution in [0.4, 0.5) is 24.8 Å². The Hall–Kier alpha value is -4.81. The fourth-order valence-corrected chi connectivity index (χ4v) is 3.42. The number of pyridine rings is 1. The van der Waals surface area contributed by atoms with Gasteiger partial charge in [-0.05, 0) is 36.4 Å². The molecule has 10 nitrogen and oxygen atoms in total. The highest BCUT2D eigenvalue weighted by Gasteiger charge is 2.33. The fraction of sp³-hybridized carbons (Fsp3) is 0.167. The van der Waals surface area contributed by atoms with E-state index in [4.69, 9.17) is 4.74 Å². The number of imidazole rings is 1. The summed E-state index contributed by atoms with van der Waals surface area (Å²) in [6, 6.07) is 11.6. The molecule has 0 bridgehead atoms. The number of aromatic nitrogens is 3. The number of alkyl halides is 3. The smallest absolute Gasteiger partial charge is 0.465 e. The Balaban J connectivity index is 1.63. The SMILES string of the molecule is CNC(=O)c1cc(Oc2ccc3c(c2)nc(Nc2ccc(C(=O)OC)cc2OC(F)(F)F)n3C)ccn1. The highest BCUT2D eigenvalue weighted by Crippen LogP contribution is 2.34. The van der Waals surface area contributed by atoms with Crippen LogP contribution in [0.3, 0.4) is 0 Å². The van der Waals surface area contributed by atoms with Gasteiger partial charge >= 0.3 is 12.3 Å². The van der Waals surface area contributed by atoms with Gasteiger partial charge in [0.25, 0.3) is 5.91 Å². The molecule has 1 amide bonds. The Bertz CT molecular complexity index is 1490. The molecule has 192 valence electrons. The predicted molar refractivity (Wildman–Crippen MR) is 126 cm³/mol. The van der Waals surface area contributed by atoms with E-state index in [-0.39, 0.29) is 28.8 Å². The van der Waals surface area contributed by atoms with Crippen molar-refractivity contribution in [2.75, 3.05) is 19.5 Å². The van der Waals surface area contributed by atoms with E-state index in [2.05, 4.69) is 30.1 Å². The lowest BCUT2D eigenvalue weighted by atomic mass is 10.2. The average molecular weight is 515 g/mol. The molecule has 0 aliphatic carbocycles. The summed E-state index contributed by atoms with van der Waals surface area (Å²) in [6.07, 6.45) is -3.55. The van der Waals surface area contributed by atoms with Crippen LogP contribution >= 0.6 is 0 Å². The molecule has 0 saturated carbocycles. The molecule has 2 heterocycles. The second kappa shape index (κ2) is 10.0. The minimum atomic E-state index is -4.99. The number of nitrogens with zero attached hydrogens (tertiary/aromatic N) is 3. The van der Waals surface area contributed by atoms with Crippen LogP contribution in [0, 0.1) is 0 Å². The number of hydrogen-bond donors (Lipinski definition) is 2. The molecule has 37 heavy (non-hydrogen) atoms. The molecule has 13 heteroatoms. The summed E-state index contributed by atoms with van der Waals surface area (Å²) in [5, 5.41) is 5.30. The van der Waals surface area contributed by atoms with Gasteiger partial charge in [-0.2, -0.15) is 0 Å². The minimum absolute atomic E-state index is 0.0710. The number of carbonyl (C=O) groups excluding carboxylic acids is 2. The van der Waals surface area contributed by atoms with Gasteiger partial charge in [-0.1, -0.05) is 0 Å². The number of esters is 1. The van der Waals surface area contributed by atoms with E-state index in [0.29, 0.717) is 22.5 Å². The summed E-state index contributed by atoms with van der Waals surface area (Å²) in [4.78, 5) is 32.0. The second-order valence-corrected chi connectivity index (χ2v) is 7.58. The van der Waals surface area contributed by atoms with Crippen LogP contribution < -0.4 is 20.1 Å². The molecule has 2 N–H and O–H groups in total. The van der Waals surface area contributed by atoms with Gasteiger partial charge in [0.1, 0.15) is 17.2 Å². The molecule has 0 atom stereocenters. The van der Waals surface area contributed by atoms with Gasteiger partial charge in [0.05, 0.1) is 29.4 Å². The summed E-state index contributed by atoms with van der Waals surface area (Å²) in [5.74, 6) is -0.816. The number of benzene rings is 2. The number of halogens is 3. The summed E-state index contributed by atoms with van der Waals surface area (Å²) in [6.45, 7) is 0. The van der Waals surface area contributed by atoms with Crippen molar-refractivity contribution < 1.29 is 37.0 Å². The molecule has 0 fully saturated rings. The standard InChI is InChI=1S/C24H20F3N5O5/c1-28-21(33)18-12-15(8-9-29-18)36-14-5-7-19-17(11-14)31-23(32(19)2)30-16-6-4-13(22(34)35-3)10-20(16)37-24(25,26)27/h4-12H,1-3H3,(H,28,33)(H,30,31). The first-order valence-electron chi connectivity index (χ1n) is 10.7. The molecule has 0 saturated heterocycles. The zero-order chi connectivity index (χ0) is 26.7. The number of carbonyl (C=O) groups is 2. The van der Waals surface area contributed by atoms with Crippen LogP contribution in [-0.4, -0.2) is 46.9 Å². The molecular formula is C24H20F3N5O5. The summed E-state index contributed by atoms with van der Waals surface area (Å²) in [5.41, 5.74) is 1.13. The summed E-state index contributed by atoms with van der Waals surface area (Å²) < 4.78 is 55.2. The van der Waals surface area contributed by atoms with Gasteiger partial charge in [0.15, 0.2) is 5.75 Å². The topological polar surface area (TPSA) is 117 Å². The molecular weight excluding hydrogens is 495 g/mol. The van der Waals surface area contributed by atoms with Crippen molar-refractivity contribution in [3.8, 4) is 17.2 Å². The van der Waals surface area contributed by atoms with Crippen molar-refractivity contribution >= 4 is 34.5 Å². The molecule has 0 spiro atoms. The Morgan fingerprint density at radius 3 is 2.49 bits per heavy atom. The molecule has 4 aromatic rings. The maximum absolute atomic E-state index is 13.0. The van der Waals surface area contributed by atoms with E-state index in [1.54, 1.807) is 35.9 Å². The second-order valence-electron chi connectivity index (χ2n) is 7.58. The number of amides is 1. The highest BCUT2D eigenvalue weighted by molar-refractivity contribution is 5.92. The maximum Gasteiger partial charge on any atom is 0.573 e. The molecule has 0 aliphatic rings. The van der Waals surface area contributed by atoms with Crippen molar-refractivity contribution in [2.45, 2.75) is 6.36 Å². The van der Waals surface area contributed by atoms with Gasteiger partial charge in [-0.15, -0.1) is 13.2 Å². The Morgan fingerprint density at radius 2 is 1.78 bits per heavy atom. The number of nitrogens with one attached hydrogen (secondary N) is 2. The average Bonchev–Trinajstić information content (AvgIpc) is 3.17. The van der Waals surface area contributed by atoms with E-state index in [9.17, 15) is 22.8 Å². The molecule has 2 aromatic heterocycles. The normalized spacial score (nSPS) is 11.2. The Labute approximate surface area is 208 Å². The lowest BCUT2D eigenvalue weighted by Crippen LogP contribution is -2.18. The van der Waals surface area contributed by atoms with Gasteiger partial charge in [-0.3, -0.25) is 9.78 Å². The monoisotopic (exact) mass is 515 g/mol. The summed E-state index contributed by atoms with van der Waals surface area (Å²) in [7, 11) is 4.28. The van der Waals surface area contributed by atoms with Crippen molar-refractivity contribution in [3.63, 3.8) is 0 Å². The van der Waals surface area contributed by atoms with Crippen LogP contribution in [0.2, 0.25) is 0 Å².